The predicted octanol–water partition coefficient (Wildman–Crippen LogP) is 2.23. The zero-order valence-electron chi connectivity index (χ0n) is 10.6. The van der Waals surface area contributed by atoms with Crippen LogP contribution in [0.25, 0.3) is 0 Å². The van der Waals surface area contributed by atoms with Gasteiger partial charge in [-0.25, -0.2) is 4.79 Å². The number of esters is 1. The van der Waals surface area contributed by atoms with Crippen LogP contribution in [0.3, 0.4) is 0 Å². The van der Waals surface area contributed by atoms with E-state index in [9.17, 15) is 9.90 Å². The van der Waals surface area contributed by atoms with E-state index in [1.807, 2.05) is 12.1 Å². The van der Waals surface area contributed by atoms with Gasteiger partial charge in [0, 0.05) is 11.6 Å². The molecule has 1 rings (SSSR count). The first-order valence-corrected chi connectivity index (χ1v) is 6.34. The molecule has 0 amide bonds. The number of hydrogen-bond donors (Lipinski definition) is 1. The zero-order valence-corrected chi connectivity index (χ0v) is 12.2. The second kappa shape index (κ2) is 6.31. The highest BCUT2D eigenvalue weighted by molar-refractivity contribution is 9.10. The summed E-state index contributed by atoms with van der Waals surface area (Å²) in [5, 5.41) is 10.2. The van der Waals surface area contributed by atoms with Gasteiger partial charge in [-0.3, -0.25) is 0 Å². The topological polar surface area (TPSA) is 55.8 Å². The standard InChI is InChI=1S/C13H17BrO4/c1-9(17-3)12(15)18-8-13(2,16)10-4-6-11(14)7-5-10/h4-7,9,16H,8H2,1-3H3. The minimum atomic E-state index is -1.22. The summed E-state index contributed by atoms with van der Waals surface area (Å²) in [5.41, 5.74) is -0.535. The highest BCUT2D eigenvalue weighted by Gasteiger charge is 2.26. The average Bonchev–Trinajstić information content (AvgIpc) is 2.35. The van der Waals surface area contributed by atoms with Crippen molar-refractivity contribution in [2.75, 3.05) is 13.7 Å². The van der Waals surface area contributed by atoms with Crippen molar-refractivity contribution in [1.29, 1.82) is 0 Å². The summed E-state index contributed by atoms with van der Waals surface area (Å²) in [5.74, 6) is -0.491. The lowest BCUT2D eigenvalue weighted by atomic mass is 9.97. The van der Waals surface area contributed by atoms with Crippen molar-refractivity contribution < 1.29 is 19.4 Å². The molecule has 0 spiro atoms. The number of aliphatic hydroxyl groups is 1. The van der Waals surface area contributed by atoms with Crippen LogP contribution in [-0.4, -0.2) is 30.9 Å². The Labute approximate surface area is 115 Å². The molecule has 1 aromatic carbocycles. The Morgan fingerprint density at radius 2 is 2.00 bits per heavy atom. The predicted molar refractivity (Wildman–Crippen MR) is 71.1 cm³/mol. The fourth-order valence-corrected chi connectivity index (χ4v) is 1.58. The quantitative estimate of drug-likeness (QED) is 0.846. The number of halogens is 1. The average molecular weight is 317 g/mol. The van der Waals surface area contributed by atoms with E-state index < -0.39 is 17.7 Å². The summed E-state index contributed by atoms with van der Waals surface area (Å²) in [6.07, 6.45) is -0.634. The van der Waals surface area contributed by atoms with Gasteiger partial charge in [-0.05, 0) is 31.5 Å². The largest absolute Gasteiger partial charge is 0.460 e. The van der Waals surface area contributed by atoms with Gasteiger partial charge >= 0.3 is 5.97 Å². The van der Waals surface area contributed by atoms with E-state index in [0.717, 1.165) is 4.47 Å². The third-order valence-electron chi connectivity index (χ3n) is 2.65. The normalized spacial score (nSPS) is 15.8. The van der Waals surface area contributed by atoms with Crippen LogP contribution in [-0.2, 0) is 19.9 Å². The van der Waals surface area contributed by atoms with Crippen LogP contribution in [0.2, 0.25) is 0 Å². The van der Waals surface area contributed by atoms with E-state index in [4.69, 9.17) is 9.47 Å². The van der Waals surface area contributed by atoms with E-state index in [1.54, 1.807) is 26.0 Å². The van der Waals surface area contributed by atoms with Crippen molar-refractivity contribution in [2.24, 2.45) is 0 Å². The molecule has 0 saturated heterocycles. The molecular weight excluding hydrogens is 300 g/mol. The lowest BCUT2D eigenvalue weighted by Gasteiger charge is -2.24. The Balaban J connectivity index is 2.65. The Hall–Kier alpha value is -0.910. The van der Waals surface area contributed by atoms with Gasteiger partial charge in [-0.2, -0.15) is 0 Å². The van der Waals surface area contributed by atoms with Gasteiger partial charge in [-0.15, -0.1) is 0 Å². The second-order valence-electron chi connectivity index (χ2n) is 4.27. The molecule has 5 heteroatoms. The van der Waals surface area contributed by atoms with Crippen molar-refractivity contribution in [3.05, 3.63) is 34.3 Å². The molecule has 2 unspecified atom stereocenters. The molecular formula is C13H17BrO4. The van der Waals surface area contributed by atoms with Crippen molar-refractivity contribution in [3.8, 4) is 0 Å². The molecule has 0 radical (unpaired) electrons. The third kappa shape index (κ3) is 4.08. The fraction of sp³-hybridized carbons (Fsp3) is 0.462. The molecule has 0 aromatic heterocycles. The van der Waals surface area contributed by atoms with Crippen LogP contribution in [0.4, 0.5) is 0 Å². The molecule has 0 bridgehead atoms. The number of hydrogen-bond acceptors (Lipinski definition) is 4. The summed E-state index contributed by atoms with van der Waals surface area (Å²) < 4.78 is 10.8. The third-order valence-corrected chi connectivity index (χ3v) is 3.18. The fourth-order valence-electron chi connectivity index (χ4n) is 1.32. The first-order valence-electron chi connectivity index (χ1n) is 5.54. The van der Waals surface area contributed by atoms with Gasteiger partial charge in [-0.1, -0.05) is 28.1 Å². The van der Waals surface area contributed by atoms with Crippen LogP contribution in [0, 0.1) is 0 Å². The van der Waals surface area contributed by atoms with Crippen LogP contribution >= 0.6 is 15.9 Å². The van der Waals surface area contributed by atoms with E-state index in [1.165, 1.54) is 7.11 Å². The number of carbonyl (C=O) groups excluding carboxylic acids is 1. The number of ether oxygens (including phenoxy) is 2. The van der Waals surface area contributed by atoms with E-state index in [0.29, 0.717) is 5.56 Å². The molecule has 0 aliphatic rings. The van der Waals surface area contributed by atoms with Gasteiger partial charge < -0.3 is 14.6 Å². The second-order valence-corrected chi connectivity index (χ2v) is 5.18. The first-order chi connectivity index (χ1) is 8.36. The summed E-state index contributed by atoms with van der Waals surface area (Å²) >= 11 is 3.32. The molecule has 0 fully saturated rings. The zero-order chi connectivity index (χ0) is 13.8. The van der Waals surface area contributed by atoms with E-state index in [2.05, 4.69) is 15.9 Å². The number of carbonyl (C=O) groups is 1. The van der Waals surface area contributed by atoms with Crippen molar-refractivity contribution in [3.63, 3.8) is 0 Å². The highest BCUT2D eigenvalue weighted by Crippen LogP contribution is 2.23. The maximum atomic E-state index is 11.4. The number of methoxy groups -OCH3 is 1. The molecule has 0 aliphatic heterocycles. The summed E-state index contributed by atoms with van der Waals surface area (Å²) in [4.78, 5) is 11.4. The van der Waals surface area contributed by atoms with Crippen molar-refractivity contribution in [2.45, 2.75) is 25.6 Å². The van der Waals surface area contributed by atoms with E-state index >= 15 is 0 Å². The van der Waals surface area contributed by atoms with Gasteiger partial charge in [0.25, 0.3) is 0 Å². The minimum absolute atomic E-state index is 0.110. The van der Waals surface area contributed by atoms with Crippen LogP contribution in [0.15, 0.2) is 28.7 Å². The van der Waals surface area contributed by atoms with Crippen LogP contribution in [0.5, 0.6) is 0 Å². The van der Waals surface area contributed by atoms with Crippen molar-refractivity contribution >= 4 is 21.9 Å². The lowest BCUT2D eigenvalue weighted by molar-refractivity contribution is -0.161. The molecule has 0 saturated carbocycles. The SMILES string of the molecule is COC(C)C(=O)OCC(C)(O)c1ccc(Br)cc1. The Morgan fingerprint density at radius 1 is 1.44 bits per heavy atom. The maximum Gasteiger partial charge on any atom is 0.335 e. The van der Waals surface area contributed by atoms with Crippen molar-refractivity contribution in [1.82, 2.24) is 0 Å². The Morgan fingerprint density at radius 3 is 2.50 bits per heavy atom. The summed E-state index contributed by atoms with van der Waals surface area (Å²) in [7, 11) is 1.43. The molecule has 4 nitrogen and oxygen atoms in total. The number of benzene rings is 1. The molecule has 2 atom stereocenters. The van der Waals surface area contributed by atoms with E-state index in [-0.39, 0.29) is 6.61 Å². The molecule has 18 heavy (non-hydrogen) atoms. The Kier molecular flexibility index (Phi) is 5.31. The molecule has 0 aliphatic carbocycles. The molecule has 100 valence electrons. The van der Waals surface area contributed by atoms with Crippen LogP contribution < -0.4 is 0 Å². The van der Waals surface area contributed by atoms with Gasteiger partial charge in [0.15, 0.2) is 6.10 Å². The van der Waals surface area contributed by atoms with Gasteiger partial charge in [0.1, 0.15) is 12.2 Å². The minimum Gasteiger partial charge on any atom is -0.460 e. The molecule has 0 heterocycles. The van der Waals surface area contributed by atoms with Crippen LogP contribution in [0.1, 0.15) is 19.4 Å². The summed E-state index contributed by atoms with van der Waals surface area (Å²) in [6, 6.07) is 7.20. The first kappa shape index (κ1) is 15.1. The maximum absolute atomic E-state index is 11.4. The molecule has 1 aromatic rings. The lowest BCUT2D eigenvalue weighted by Crippen LogP contribution is -2.32. The van der Waals surface area contributed by atoms with Gasteiger partial charge in [0.2, 0.25) is 0 Å². The monoisotopic (exact) mass is 316 g/mol. The summed E-state index contributed by atoms with van der Waals surface area (Å²) in [6.45, 7) is 3.08. The van der Waals surface area contributed by atoms with Gasteiger partial charge in [0.05, 0.1) is 0 Å². The smallest absolute Gasteiger partial charge is 0.335 e. The Bertz CT molecular complexity index is 400. The molecule has 1 N–H and O–H groups in total. The highest BCUT2D eigenvalue weighted by atomic mass is 79.9. The number of rotatable bonds is 5.